The number of imidazole rings is 1. The fraction of sp³-hybridized carbons (Fsp3) is 0.481. The molecule has 2 aromatic rings. The maximum atomic E-state index is 13.5. The second kappa shape index (κ2) is 18.0. The zero-order valence-electron chi connectivity index (χ0n) is 23.9. The minimum Gasteiger partial charge on any atom is -0.508 e. The van der Waals surface area contributed by atoms with E-state index in [9.17, 15) is 29.4 Å². The highest BCUT2D eigenvalue weighted by Crippen LogP contribution is 2.13. The number of aliphatic carboxylic acids is 1. The van der Waals surface area contributed by atoms with E-state index in [0.29, 0.717) is 37.1 Å². The van der Waals surface area contributed by atoms with E-state index in [1.54, 1.807) is 12.1 Å². The van der Waals surface area contributed by atoms with Crippen LogP contribution in [0.3, 0.4) is 0 Å². The first kappa shape index (κ1) is 34.5. The van der Waals surface area contributed by atoms with Crippen molar-refractivity contribution in [1.29, 1.82) is 0 Å². The number of hydrogen-bond acceptors (Lipinski definition) is 9. The molecule has 1 aromatic carbocycles. The first-order valence-electron chi connectivity index (χ1n) is 13.9. The largest absolute Gasteiger partial charge is 0.508 e. The van der Waals surface area contributed by atoms with Gasteiger partial charge in [-0.15, -0.1) is 0 Å². The van der Waals surface area contributed by atoms with Crippen molar-refractivity contribution >= 4 is 29.7 Å². The van der Waals surface area contributed by atoms with Crippen LogP contribution in [0.25, 0.3) is 0 Å². The maximum Gasteiger partial charge on any atom is 0.326 e. The third-order valence-corrected chi connectivity index (χ3v) is 6.49. The molecule has 0 saturated carbocycles. The summed E-state index contributed by atoms with van der Waals surface area (Å²) in [6.45, 7) is 0.637. The van der Waals surface area contributed by atoms with Crippen molar-refractivity contribution in [2.45, 2.75) is 69.1 Å². The first-order chi connectivity index (χ1) is 20.5. The molecular weight excluding hydrogens is 560 g/mol. The molecule has 14 N–H and O–H groups in total. The average molecular weight is 603 g/mol. The number of benzene rings is 1. The zero-order valence-corrected chi connectivity index (χ0v) is 23.9. The molecule has 16 heteroatoms. The smallest absolute Gasteiger partial charge is 0.326 e. The van der Waals surface area contributed by atoms with Gasteiger partial charge in [-0.1, -0.05) is 12.1 Å². The molecule has 4 unspecified atom stereocenters. The second-order valence-corrected chi connectivity index (χ2v) is 10.0. The van der Waals surface area contributed by atoms with Crippen molar-refractivity contribution in [3.63, 3.8) is 0 Å². The SMILES string of the molecule is NCCCCC(NC(=O)C(Cc1ccc(O)cc1)NC(=O)C(N)CCCN=C(N)N)C(=O)NC(Cc1cnc[nH]1)C(=O)O. The monoisotopic (exact) mass is 602 g/mol. The molecule has 236 valence electrons. The summed E-state index contributed by atoms with van der Waals surface area (Å²) in [6, 6.07) is 1.55. The van der Waals surface area contributed by atoms with Gasteiger partial charge in [-0.3, -0.25) is 19.4 Å². The molecule has 3 amide bonds. The fourth-order valence-corrected chi connectivity index (χ4v) is 4.13. The molecule has 4 atom stereocenters. The lowest BCUT2D eigenvalue weighted by Crippen LogP contribution is -2.57. The Morgan fingerprint density at radius 2 is 1.53 bits per heavy atom. The molecule has 16 nitrogen and oxygen atoms in total. The molecule has 0 saturated heterocycles. The van der Waals surface area contributed by atoms with E-state index in [0.717, 1.165) is 0 Å². The number of amides is 3. The molecule has 1 aromatic heterocycles. The van der Waals surface area contributed by atoms with Crippen LogP contribution >= 0.6 is 0 Å². The number of nitrogens with zero attached hydrogens (tertiary/aromatic N) is 2. The van der Waals surface area contributed by atoms with Gasteiger partial charge >= 0.3 is 5.97 Å². The molecule has 0 aliphatic carbocycles. The number of nitrogens with two attached hydrogens (primary N) is 4. The average Bonchev–Trinajstić information content (AvgIpc) is 3.48. The first-order valence-corrected chi connectivity index (χ1v) is 13.9. The number of carboxylic acid groups (broad SMARTS) is 1. The number of hydrogen-bond donors (Lipinski definition) is 10. The van der Waals surface area contributed by atoms with Gasteiger partial charge in [0, 0.05) is 31.3 Å². The molecule has 0 aliphatic rings. The van der Waals surface area contributed by atoms with Gasteiger partial charge in [0.25, 0.3) is 0 Å². The standard InChI is InChI=1S/C27H42N10O6/c28-10-2-1-5-20(24(40)37-22(26(42)43)13-17-14-32-15-34-17)35-25(41)21(12-16-6-8-18(38)9-7-16)36-23(39)19(29)4-3-11-33-27(30)31/h6-9,14-15,19-22,38H,1-5,10-13,28-29H2,(H,32,34)(H,35,41)(H,36,39)(H,37,40)(H,42,43)(H4,30,31,33). The van der Waals surface area contributed by atoms with Crippen LogP contribution in [0.2, 0.25) is 0 Å². The van der Waals surface area contributed by atoms with E-state index in [4.69, 9.17) is 22.9 Å². The number of carbonyl (C=O) groups is 4. The number of phenols is 1. The van der Waals surface area contributed by atoms with Gasteiger partial charge in [0.2, 0.25) is 17.7 Å². The molecule has 0 spiro atoms. The minimum absolute atomic E-state index is 0.0211. The van der Waals surface area contributed by atoms with Gasteiger partial charge in [-0.2, -0.15) is 0 Å². The Balaban J connectivity index is 2.19. The highest BCUT2D eigenvalue weighted by atomic mass is 16.4. The van der Waals surface area contributed by atoms with Gasteiger partial charge < -0.3 is 54.1 Å². The summed E-state index contributed by atoms with van der Waals surface area (Å²) in [5, 5.41) is 27.1. The number of rotatable bonds is 19. The van der Waals surface area contributed by atoms with E-state index < -0.39 is 47.9 Å². The van der Waals surface area contributed by atoms with Crippen LogP contribution in [0, 0.1) is 0 Å². The van der Waals surface area contributed by atoms with Crippen molar-refractivity contribution in [3.05, 3.63) is 48.0 Å². The lowest BCUT2D eigenvalue weighted by molar-refractivity contribution is -0.142. The van der Waals surface area contributed by atoms with Crippen molar-refractivity contribution in [2.75, 3.05) is 13.1 Å². The van der Waals surface area contributed by atoms with Crippen LogP contribution in [-0.4, -0.2) is 87.1 Å². The zero-order chi connectivity index (χ0) is 31.8. The van der Waals surface area contributed by atoms with Crippen LogP contribution in [0.1, 0.15) is 43.4 Å². The number of phenolic OH excluding ortho intramolecular Hbond substituents is 1. The predicted molar refractivity (Wildman–Crippen MR) is 158 cm³/mol. The molecule has 43 heavy (non-hydrogen) atoms. The Hall–Kier alpha value is -4.70. The number of unbranched alkanes of at least 4 members (excludes halogenated alkanes) is 1. The molecule has 0 aliphatic heterocycles. The van der Waals surface area contributed by atoms with Gasteiger partial charge in [-0.05, 0) is 56.3 Å². The van der Waals surface area contributed by atoms with Crippen molar-refractivity contribution < 1.29 is 29.4 Å². The van der Waals surface area contributed by atoms with E-state index >= 15 is 0 Å². The second-order valence-electron chi connectivity index (χ2n) is 10.0. The quantitative estimate of drug-likeness (QED) is 0.0474. The van der Waals surface area contributed by atoms with E-state index in [1.807, 2.05) is 0 Å². The molecule has 0 fully saturated rings. The van der Waals surface area contributed by atoms with Gasteiger partial charge in [0.05, 0.1) is 12.4 Å². The number of aromatic amines is 1. The summed E-state index contributed by atoms with van der Waals surface area (Å²) in [5.41, 5.74) is 23.4. The summed E-state index contributed by atoms with van der Waals surface area (Å²) in [6.07, 6.45) is 4.70. The van der Waals surface area contributed by atoms with E-state index in [2.05, 4.69) is 30.9 Å². The Bertz CT molecular complexity index is 1200. The predicted octanol–water partition coefficient (Wildman–Crippen LogP) is -2.05. The fourth-order valence-electron chi connectivity index (χ4n) is 4.13. The normalized spacial score (nSPS) is 13.6. The Morgan fingerprint density at radius 1 is 0.884 bits per heavy atom. The van der Waals surface area contributed by atoms with Gasteiger partial charge in [-0.25, -0.2) is 9.78 Å². The van der Waals surface area contributed by atoms with Gasteiger partial charge in [0.1, 0.15) is 23.9 Å². The molecule has 0 bridgehead atoms. The van der Waals surface area contributed by atoms with Crippen LogP contribution in [0.4, 0.5) is 0 Å². The van der Waals surface area contributed by atoms with E-state index in [-0.39, 0.29) is 43.9 Å². The van der Waals surface area contributed by atoms with Crippen molar-refractivity contribution in [2.24, 2.45) is 27.9 Å². The molecule has 0 radical (unpaired) electrons. The topological polar surface area (TPSA) is 290 Å². The number of nitrogens with one attached hydrogen (secondary N) is 4. The summed E-state index contributed by atoms with van der Waals surface area (Å²) in [5.74, 6) is -3.30. The maximum absolute atomic E-state index is 13.5. The molecule has 2 rings (SSSR count). The highest BCUT2D eigenvalue weighted by Gasteiger charge is 2.30. The summed E-state index contributed by atoms with van der Waals surface area (Å²) in [4.78, 5) is 62.1. The number of carbonyl (C=O) groups excluding carboxylic acids is 3. The van der Waals surface area contributed by atoms with Crippen LogP contribution < -0.4 is 38.9 Å². The van der Waals surface area contributed by atoms with Crippen LogP contribution in [0.15, 0.2) is 41.8 Å². The van der Waals surface area contributed by atoms with Crippen molar-refractivity contribution in [1.82, 2.24) is 25.9 Å². The highest BCUT2D eigenvalue weighted by molar-refractivity contribution is 5.94. The third kappa shape index (κ3) is 12.8. The lowest BCUT2D eigenvalue weighted by atomic mass is 10.0. The minimum atomic E-state index is -1.29. The number of aliphatic imine (C=N–C) groups is 1. The summed E-state index contributed by atoms with van der Waals surface area (Å²) >= 11 is 0. The summed E-state index contributed by atoms with van der Waals surface area (Å²) < 4.78 is 0. The van der Waals surface area contributed by atoms with Crippen LogP contribution in [0.5, 0.6) is 5.75 Å². The Kier molecular flexibility index (Phi) is 14.4. The number of carboxylic acids is 1. The Morgan fingerprint density at radius 3 is 2.14 bits per heavy atom. The molecular formula is C27H42N10O6. The van der Waals surface area contributed by atoms with Gasteiger partial charge in [0.15, 0.2) is 5.96 Å². The lowest BCUT2D eigenvalue weighted by Gasteiger charge is -2.25. The van der Waals surface area contributed by atoms with E-state index in [1.165, 1.54) is 24.7 Å². The Labute approximate surface area is 249 Å². The van der Waals surface area contributed by atoms with Crippen molar-refractivity contribution in [3.8, 4) is 5.75 Å². The number of H-pyrrole nitrogens is 1. The van der Waals surface area contributed by atoms with Crippen LogP contribution in [-0.2, 0) is 32.0 Å². The third-order valence-electron chi connectivity index (χ3n) is 6.49. The number of guanidine groups is 1. The molecule has 1 heterocycles. The number of aromatic hydroxyl groups is 1. The summed E-state index contributed by atoms with van der Waals surface area (Å²) in [7, 11) is 0. The number of aromatic nitrogens is 2.